The number of imide groups is 1. The van der Waals surface area contributed by atoms with Gasteiger partial charge in [-0.05, 0) is 42.5 Å². The van der Waals surface area contributed by atoms with Crippen LogP contribution in [0.25, 0.3) is 0 Å². The number of amides is 2. The third kappa shape index (κ3) is 2.75. The summed E-state index contributed by atoms with van der Waals surface area (Å²) in [6, 6.07) is 14.4. The van der Waals surface area contributed by atoms with Gasteiger partial charge in [0, 0.05) is 11.6 Å². The van der Waals surface area contributed by atoms with E-state index in [0.29, 0.717) is 24.7 Å². The van der Waals surface area contributed by atoms with Crippen molar-refractivity contribution >= 4 is 23.3 Å². The number of ketones is 1. The Labute approximate surface area is 170 Å². The number of anilines is 1. The van der Waals surface area contributed by atoms with Gasteiger partial charge < -0.3 is 9.47 Å². The fourth-order valence-electron chi connectivity index (χ4n) is 3.61. The first-order valence-corrected chi connectivity index (χ1v) is 9.26. The molecule has 0 aromatic heterocycles. The average Bonchev–Trinajstić information content (AvgIpc) is 3.03. The van der Waals surface area contributed by atoms with Crippen molar-refractivity contribution in [3.63, 3.8) is 0 Å². The first-order valence-electron chi connectivity index (χ1n) is 9.26. The zero-order valence-electron chi connectivity index (χ0n) is 15.6. The van der Waals surface area contributed by atoms with Crippen LogP contribution in [0.15, 0.2) is 60.7 Å². The summed E-state index contributed by atoms with van der Waals surface area (Å²) < 4.78 is 24.5. The Morgan fingerprint density at radius 3 is 2.00 bits per heavy atom. The van der Waals surface area contributed by atoms with Gasteiger partial charge in [-0.25, -0.2) is 9.29 Å². The molecule has 0 N–H and O–H groups in total. The van der Waals surface area contributed by atoms with Crippen molar-refractivity contribution in [3.8, 4) is 11.5 Å². The van der Waals surface area contributed by atoms with Crippen LogP contribution in [0.3, 0.4) is 0 Å². The van der Waals surface area contributed by atoms with E-state index in [-0.39, 0.29) is 27.9 Å². The minimum atomic E-state index is -0.527. The van der Waals surface area contributed by atoms with E-state index in [1.807, 2.05) is 0 Å². The Morgan fingerprint density at radius 1 is 0.833 bits per heavy atom. The number of hydrogen-bond donors (Lipinski definition) is 0. The lowest BCUT2D eigenvalue weighted by Crippen LogP contribution is -2.31. The first kappa shape index (κ1) is 18.1. The summed E-state index contributed by atoms with van der Waals surface area (Å²) in [6.45, 7) is 0.614. The van der Waals surface area contributed by atoms with Crippen LogP contribution in [0, 0.1) is 5.82 Å². The van der Waals surface area contributed by atoms with Crippen molar-refractivity contribution in [1.29, 1.82) is 0 Å². The quantitative estimate of drug-likeness (QED) is 0.493. The second kappa shape index (κ2) is 6.81. The molecule has 3 aromatic carbocycles. The molecule has 2 amide bonds. The molecule has 2 aliphatic rings. The van der Waals surface area contributed by atoms with Gasteiger partial charge in [-0.1, -0.05) is 12.1 Å². The topological polar surface area (TPSA) is 72.9 Å². The molecule has 2 heterocycles. The molecule has 0 spiro atoms. The summed E-state index contributed by atoms with van der Waals surface area (Å²) in [5.74, 6) is -1.33. The fraction of sp³-hybridized carbons (Fsp3) is 0.0870. The number of carbonyl (C=O) groups excluding carboxylic acids is 3. The molecule has 148 valence electrons. The number of fused-ring (bicyclic) bond motifs is 2. The van der Waals surface area contributed by atoms with E-state index >= 15 is 0 Å². The summed E-state index contributed by atoms with van der Waals surface area (Å²) in [6.07, 6.45) is 0. The SMILES string of the molecule is O=C(c1ccc(F)cc1)c1cc2c(cc1N1C(=O)c3ccccc3C1=O)OCCO2. The molecule has 0 bridgehead atoms. The van der Waals surface area contributed by atoms with E-state index in [9.17, 15) is 18.8 Å². The smallest absolute Gasteiger partial charge is 0.266 e. The van der Waals surface area contributed by atoms with Gasteiger partial charge in [-0.3, -0.25) is 14.4 Å². The van der Waals surface area contributed by atoms with Gasteiger partial charge in [0.2, 0.25) is 0 Å². The van der Waals surface area contributed by atoms with Crippen LogP contribution >= 0.6 is 0 Å². The van der Waals surface area contributed by atoms with Crippen molar-refractivity contribution in [3.05, 3.63) is 88.7 Å². The zero-order valence-corrected chi connectivity index (χ0v) is 15.6. The number of ether oxygens (including phenoxy) is 2. The van der Waals surface area contributed by atoms with Crippen molar-refractivity contribution in [2.75, 3.05) is 18.1 Å². The number of carbonyl (C=O) groups is 3. The van der Waals surface area contributed by atoms with Crippen LogP contribution in [0.1, 0.15) is 36.6 Å². The standard InChI is InChI=1S/C23H14FNO5/c24-14-7-5-13(6-8-14)21(26)17-11-19-20(30-10-9-29-19)12-18(17)25-22(27)15-3-1-2-4-16(15)23(25)28/h1-8,11-12H,9-10H2. The van der Waals surface area contributed by atoms with Crippen LogP contribution in [0.4, 0.5) is 10.1 Å². The van der Waals surface area contributed by atoms with E-state index in [4.69, 9.17) is 9.47 Å². The molecular weight excluding hydrogens is 389 g/mol. The van der Waals surface area contributed by atoms with E-state index in [0.717, 1.165) is 4.90 Å². The van der Waals surface area contributed by atoms with Crippen molar-refractivity contribution < 1.29 is 28.2 Å². The second-order valence-corrected chi connectivity index (χ2v) is 6.84. The molecule has 5 rings (SSSR count). The Morgan fingerprint density at radius 2 is 1.40 bits per heavy atom. The van der Waals surface area contributed by atoms with Crippen LogP contribution in [-0.4, -0.2) is 30.8 Å². The van der Waals surface area contributed by atoms with Crippen molar-refractivity contribution in [2.24, 2.45) is 0 Å². The minimum Gasteiger partial charge on any atom is -0.486 e. The second-order valence-electron chi connectivity index (χ2n) is 6.84. The van der Waals surface area contributed by atoms with Gasteiger partial charge >= 0.3 is 0 Å². The predicted octanol–water partition coefficient (Wildman–Crippen LogP) is 3.63. The highest BCUT2D eigenvalue weighted by molar-refractivity contribution is 6.36. The summed E-state index contributed by atoms with van der Waals surface area (Å²) in [5.41, 5.74) is 0.918. The number of nitrogens with zero attached hydrogens (tertiary/aromatic N) is 1. The minimum absolute atomic E-state index is 0.0837. The van der Waals surface area contributed by atoms with Crippen LogP contribution < -0.4 is 14.4 Å². The molecule has 2 aliphatic heterocycles. The maximum absolute atomic E-state index is 13.3. The average molecular weight is 403 g/mol. The zero-order chi connectivity index (χ0) is 20.8. The van der Waals surface area contributed by atoms with E-state index < -0.39 is 23.4 Å². The molecule has 0 aliphatic carbocycles. The maximum atomic E-state index is 13.3. The monoisotopic (exact) mass is 403 g/mol. The Balaban J connectivity index is 1.68. The van der Waals surface area contributed by atoms with Gasteiger partial charge in [0.1, 0.15) is 19.0 Å². The highest BCUT2D eigenvalue weighted by Gasteiger charge is 2.39. The highest BCUT2D eigenvalue weighted by atomic mass is 19.1. The van der Waals surface area contributed by atoms with Gasteiger partial charge in [-0.15, -0.1) is 0 Å². The van der Waals surface area contributed by atoms with Gasteiger partial charge in [0.25, 0.3) is 11.8 Å². The summed E-state index contributed by atoms with van der Waals surface area (Å²) >= 11 is 0. The van der Waals surface area contributed by atoms with E-state index in [1.165, 1.54) is 36.4 Å². The van der Waals surface area contributed by atoms with E-state index in [2.05, 4.69) is 0 Å². The lowest BCUT2D eigenvalue weighted by Gasteiger charge is -2.24. The molecule has 3 aromatic rings. The number of halogens is 1. The molecule has 7 heteroatoms. The lowest BCUT2D eigenvalue weighted by atomic mass is 10.00. The third-order valence-corrected chi connectivity index (χ3v) is 5.05. The Hall–Kier alpha value is -4.00. The van der Waals surface area contributed by atoms with Crippen LogP contribution in [-0.2, 0) is 0 Å². The molecule has 0 atom stereocenters. The molecule has 0 saturated carbocycles. The Bertz CT molecular complexity index is 1180. The van der Waals surface area contributed by atoms with Gasteiger partial charge in [0.05, 0.1) is 22.4 Å². The van der Waals surface area contributed by atoms with Crippen LogP contribution in [0.2, 0.25) is 0 Å². The summed E-state index contributed by atoms with van der Waals surface area (Å²) in [4.78, 5) is 40.2. The summed E-state index contributed by atoms with van der Waals surface area (Å²) in [7, 11) is 0. The molecule has 0 saturated heterocycles. The maximum Gasteiger partial charge on any atom is 0.266 e. The molecule has 6 nitrogen and oxygen atoms in total. The molecule has 30 heavy (non-hydrogen) atoms. The largest absolute Gasteiger partial charge is 0.486 e. The predicted molar refractivity (Wildman–Crippen MR) is 105 cm³/mol. The Kier molecular flexibility index (Phi) is 4.10. The van der Waals surface area contributed by atoms with Crippen molar-refractivity contribution in [1.82, 2.24) is 0 Å². The van der Waals surface area contributed by atoms with Crippen molar-refractivity contribution in [2.45, 2.75) is 0 Å². The molecule has 0 radical (unpaired) electrons. The highest BCUT2D eigenvalue weighted by Crippen LogP contribution is 2.40. The van der Waals surface area contributed by atoms with E-state index in [1.54, 1.807) is 24.3 Å². The molecule has 0 fully saturated rings. The number of rotatable bonds is 3. The number of benzene rings is 3. The fourth-order valence-corrected chi connectivity index (χ4v) is 3.61. The van der Waals surface area contributed by atoms with Crippen LogP contribution in [0.5, 0.6) is 11.5 Å². The van der Waals surface area contributed by atoms with Gasteiger partial charge in [-0.2, -0.15) is 0 Å². The first-order chi connectivity index (χ1) is 14.5. The summed E-state index contributed by atoms with van der Waals surface area (Å²) in [5, 5.41) is 0. The normalized spacial score (nSPS) is 14.6. The molecule has 0 unspecified atom stereocenters. The third-order valence-electron chi connectivity index (χ3n) is 5.05. The van der Waals surface area contributed by atoms with Gasteiger partial charge in [0.15, 0.2) is 17.3 Å². The number of hydrogen-bond acceptors (Lipinski definition) is 5. The lowest BCUT2D eigenvalue weighted by molar-refractivity contribution is 0.0926. The molecular formula is C23H14FNO5.